The Morgan fingerprint density at radius 1 is 0.870 bits per heavy atom. The zero-order valence-corrected chi connectivity index (χ0v) is 17.9. The maximum absolute atomic E-state index is 5.11. The van der Waals surface area contributed by atoms with Crippen LogP contribution >= 0.6 is 0 Å². The first-order valence-corrected chi connectivity index (χ1v) is 17.1. The fraction of sp³-hybridized carbons (Fsp3) is 0.400. The van der Waals surface area contributed by atoms with Crippen LogP contribution in [0.15, 0.2) is 48.5 Å². The third kappa shape index (κ3) is 3.88. The van der Waals surface area contributed by atoms with E-state index in [9.17, 15) is 0 Å². The molecule has 0 saturated carbocycles. The second kappa shape index (κ2) is 7.48. The summed E-state index contributed by atoms with van der Waals surface area (Å²) in [4.78, 5) is 0. The van der Waals surface area contributed by atoms with E-state index < -0.39 is 23.1 Å². The molecule has 3 heteroatoms. The van der Waals surface area contributed by atoms with E-state index in [2.05, 4.69) is 72.1 Å². The molecule has 2 N–H and O–H groups in total. The van der Waals surface area contributed by atoms with Crippen molar-refractivity contribution in [2.24, 2.45) is 5.73 Å². The van der Waals surface area contributed by atoms with Crippen LogP contribution in [0.4, 0.5) is 0 Å². The summed E-state index contributed by atoms with van der Waals surface area (Å²) in [6.45, 7) is 9.12. The summed E-state index contributed by atoms with van der Waals surface area (Å²) in [5, 5.41) is 5.13. The molecule has 0 bridgehead atoms. The molecule has 0 aliphatic heterocycles. The van der Waals surface area contributed by atoms with Gasteiger partial charge in [-0.05, 0) is 6.04 Å². The Morgan fingerprint density at radius 3 is 1.57 bits per heavy atom. The summed E-state index contributed by atoms with van der Waals surface area (Å²) >= 11 is -0.892. The first kappa shape index (κ1) is 18.7. The topological polar surface area (TPSA) is 26.0 Å². The summed E-state index contributed by atoms with van der Waals surface area (Å²) in [5.74, 6) is -1.18. The fourth-order valence-electron chi connectivity index (χ4n) is 3.22. The zero-order chi connectivity index (χ0) is 17.2. The van der Waals surface area contributed by atoms with Crippen molar-refractivity contribution < 1.29 is 17.1 Å². The molecule has 123 valence electrons. The van der Waals surface area contributed by atoms with Crippen molar-refractivity contribution in [1.29, 1.82) is 0 Å². The Balaban J connectivity index is 0.000000433. The molecule has 2 aromatic rings. The van der Waals surface area contributed by atoms with E-state index >= 15 is 0 Å². The predicted molar refractivity (Wildman–Crippen MR) is 102 cm³/mol. The van der Waals surface area contributed by atoms with E-state index in [0.29, 0.717) is 6.04 Å². The average Bonchev–Trinajstić information content (AvgIpc) is 2.81. The Kier molecular flexibility index (Phi) is 6.07. The van der Waals surface area contributed by atoms with Crippen LogP contribution < -0.4 is 5.73 Å². The molecule has 2 aromatic carbocycles. The molecule has 0 spiro atoms. The molecule has 0 atom stereocenters. The molecule has 0 fully saturated rings. The molecule has 23 heavy (non-hydrogen) atoms. The van der Waals surface area contributed by atoms with E-state index in [1.807, 2.05) is 13.8 Å². The number of nitrogens with two attached hydrogens (primary N) is 1. The van der Waals surface area contributed by atoms with Gasteiger partial charge >= 0.3 is 123 Å². The Morgan fingerprint density at radius 2 is 1.22 bits per heavy atom. The second-order valence-corrected chi connectivity index (χ2v) is 24.9. The van der Waals surface area contributed by atoms with Crippen molar-refractivity contribution in [3.05, 3.63) is 59.7 Å². The Hall–Kier alpha value is -0.669. The van der Waals surface area contributed by atoms with Crippen molar-refractivity contribution in [1.82, 2.24) is 0 Å². The normalized spacial score (nSPS) is 13.2. The summed E-state index contributed by atoms with van der Waals surface area (Å²) in [6.07, 6.45) is 0. The molecule has 1 nitrogen and oxygen atoms in total. The van der Waals surface area contributed by atoms with Gasteiger partial charge in [0.1, 0.15) is 0 Å². The third-order valence-corrected chi connectivity index (χ3v) is 22.9. The summed E-state index contributed by atoms with van der Waals surface area (Å²) in [6, 6.07) is 18.5. The van der Waals surface area contributed by atoms with Crippen LogP contribution in [0.1, 0.15) is 30.5 Å². The van der Waals surface area contributed by atoms with E-state index in [4.69, 9.17) is 5.73 Å². The Labute approximate surface area is 148 Å². The standard InChI is InChI=1S/C15H15Si.C3H9N.2CH3.Ti/c1-16(2)15-13-9-5-3-7-11(13)12-8-4-6-10-14(12)15;1-3(2)4;;;/h3-10,15H,1-2H3;3H,4H2,1-2H3;2*1H3;. The quantitative estimate of drug-likeness (QED) is 0.692. The van der Waals surface area contributed by atoms with E-state index in [0.717, 1.165) is 5.54 Å². The van der Waals surface area contributed by atoms with Gasteiger partial charge in [0.25, 0.3) is 0 Å². The van der Waals surface area contributed by atoms with Gasteiger partial charge in [-0.1, -0.05) is 13.8 Å². The van der Waals surface area contributed by atoms with Crippen molar-refractivity contribution in [2.45, 2.75) is 49.0 Å². The van der Waals surface area contributed by atoms with Gasteiger partial charge in [-0.15, -0.1) is 0 Å². The van der Waals surface area contributed by atoms with Gasteiger partial charge in [-0.3, -0.25) is 0 Å². The van der Waals surface area contributed by atoms with Crippen molar-refractivity contribution in [3.8, 4) is 11.1 Å². The van der Waals surface area contributed by atoms with Crippen LogP contribution in [0.25, 0.3) is 11.1 Å². The monoisotopic (exact) mass is 360 g/mol. The van der Waals surface area contributed by atoms with Crippen molar-refractivity contribution in [3.63, 3.8) is 0 Å². The Bertz CT molecular complexity index is 616. The molecule has 0 saturated heterocycles. The van der Waals surface area contributed by atoms with Gasteiger partial charge < -0.3 is 5.73 Å². The number of fused-ring (bicyclic) bond motifs is 3. The molecular formula is C20H30NSiTi. The fourth-order valence-corrected chi connectivity index (χ4v) is 10.0. The van der Waals surface area contributed by atoms with Crippen LogP contribution in [0.5, 0.6) is 0 Å². The number of hydrogen-bond acceptors (Lipinski definition) is 1. The van der Waals surface area contributed by atoms with Crippen molar-refractivity contribution in [2.75, 3.05) is 0 Å². The molecule has 1 aliphatic rings. The predicted octanol–water partition coefficient (Wildman–Crippen LogP) is 5.61. The van der Waals surface area contributed by atoms with Gasteiger partial charge in [0, 0.05) is 0 Å². The van der Waals surface area contributed by atoms with Gasteiger partial charge in [0.2, 0.25) is 0 Å². The van der Waals surface area contributed by atoms with E-state index in [-0.39, 0.29) is 0 Å². The van der Waals surface area contributed by atoms with Gasteiger partial charge in [0.15, 0.2) is 0 Å². The van der Waals surface area contributed by atoms with Crippen LogP contribution in [0.2, 0.25) is 23.6 Å². The molecule has 0 radical (unpaired) electrons. The molecular weight excluding hydrogens is 330 g/mol. The third-order valence-electron chi connectivity index (χ3n) is 4.84. The molecule has 0 heterocycles. The first-order chi connectivity index (χ1) is 10.8. The van der Waals surface area contributed by atoms with Gasteiger partial charge in [0.05, 0.1) is 0 Å². The minimum absolute atomic E-state index is 0.333. The van der Waals surface area contributed by atoms with Crippen molar-refractivity contribution >= 4 is 5.94 Å². The van der Waals surface area contributed by atoms with Crippen LogP contribution in [0.3, 0.4) is 0 Å². The number of hydrogen-bond donors (Lipinski definition) is 1. The van der Waals surface area contributed by atoms with Crippen LogP contribution in [0, 0.1) is 0 Å². The minimum atomic E-state index is -1.18. The number of rotatable bonds is 2. The maximum atomic E-state index is 5.11. The van der Waals surface area contributed by atoms with E-state index in [1.54, 1.807) is 11.1 Å². The van der Waals surface area contributed by atoms with Crippen LogP contribution in [-0.2, 0) is 17.1 Å². The summed E-state index contributed by atoms with van der Waals surface area (Å²) < 4.78 is 0. The second-order valence-electron chi connectivity index (χ2n) is 7.57. The number of benzene rings is 2. The van der Waals surface area contributed by atoms with E-state index in [1.165, 1.54) is 11.1 Å². The van der Waals surface area contributed by atoms with Crippen LogP contribution in [-0.4, -0.2) is 12.0 Å². The molecule has 3 rings (SSSR count). The molecule has 0 aromatic heterocycles. The molecule has 0 amide bonds. The summed E-state index contributed by atoms with van der Waals surface area (Å²) in [5.41, 5.74) is 12.0. The van der Waals surface area contributed by atoms with Gasteiger partial charge in [-0.2, -0.15) is 0 Å². The van der Waals surface area contributed by atoms with Gasteiger partial charge in [-0.25, -0.2) is 0 Å². The first-order valence-electron chi connectivity index (χ1n) is 8.51. The molecule has 1 aliphatic carbocycles. The zero-order valence-electron chi connectivity index (χ0n) is 15.4. The molecule has 0 unspecified atom stereocenters. The SMILES string of the molecule is CC(C)N.[CH3][Ti]([CH3])[Si](C)(C)C1c2ccccc2-c2ccccc21. The average molecular weight is 360 g/mol. The summed E-state index contributed by atoms with van der Waals surface area (Å²) in [7, 11) is 0.